The summed E-state index contributed by atoms with van der Waals surface area (Å²) in [6.45, 7) is 6.97. The average Bonchev–Trinajstić information content (AvgIpc) is 2.98. The number of para-hydroxylation sites is 1. The van der Waals surface area contributed by atoms with Crippen molar-refractivity contribution in [1.29, 1.82) is 0 Å². The number of rotatable bonds is 4. The highest BCUT2D eigenvalue weighted by Gasteiger charge is 2.26. The van der Waals surface area contributed by atoms with Gasteiger partial charge in [0.2, 0.25) is 11.8 Å². The van der Waals surface area contributed by atoms with E-state index in [9.17, 15) is 4.79 Å². The lowest BCUT2D eigenvalue weighted by atomic mass is 10.2. The number of aryl methyl sites for hydroxylation is 1. The van der Waals surface area contributed by atoms with Crippen LogP contribution in [0.4, 0.5) is 4.79 Å². The topological polar surface area (TPSA) is 71.7 Å². The zero-order chi connectivity index (χ0) is 17.6. The third kappa shape index (κ3) is 4.36. The molecule has 2 aromatic rings. The van der Waals surface area contributed by atoms with Gasteiger partial charge in [-0.2, -0.15) is 0 Å². The van der Waals surface area contributed by atoms with E-state index in [1.54, 1.807) is 17.0 Å². The van der Waals surface area contributed by atoms with Crippen molar-refractivity contribution >= 4 is 6.09 Å². The molecule has 1 fully saturated rings. The number of carbonyl (C=O) groups is 1. The van der Waals surface area contributed by atoms with Crippen LogP contribution in [-0.2, 0) is 6.42 Å². The first kappa shape index (κ1) is 17.4. The molecule has 7 heteroatoms. The summed E-state index contributed by atoms with van der Waals surface area (Å²) in [5.74, 6) is 1.86. The van der Waals surface area contributed by atoms with Crippen LogP contribution >= 0.6 is 0 Å². The Labute approximate surface area is 147 Å². The number of nitrogens with zero attached hydrogens (tertiary/aromatic N) is 4. The van der Waals surface area contributed by atoms with Gasteiger partial charge in [-0.15, -0.1) is 10.2 Å². The highest BCUT2D eigenvalue weighted by Crippen LogP contribution is 2.21. The van der Waals surface area contributed by atoms with Crippen molar-refractivity contribution in [2.45, 2.75) is 32.7 Å². The molecule has 1 amide bonds. The second-order valence-electron chi connectivity index (χ2n) is 6.12. The van der Waals surface area contributed by atoms with Gasteiger partial charge in [0.25, 0.3) is 0 Å². The fraction of sp³-hybridized carbons (Fsp3) is 0.500. The van der Waals surface area contributed by atoms with Crippen molar-refractivity contribution in [2.75, 3.05) is 26.2 Å². The maximum absolute atomic E-state index is 12.4. The van der Waals surface area contributed by atoms with E-state index < -0.39 is 0 Å². The number of ether oxygens (including phenoxy) is 1. The minimum atomic E-state index is -0.299. The summed E-state index contributed by atoms with van der Waals surface area (Å²) in [5, 5.41) is 8.18. The van der Waals surface area contributed by atoms with E-state index >= 15 is 0 Å². The Balaban J connectivity index is 1.57. The molecule has 1 aliphatic rings. The van der Waals surface area contributed by atoms with Crippen molar-refractivity contribution in [2.24, 2.45) is 0 Å². The summed E-state index contributed by atoms with van der Waals surface area (Å²) < 4.78 is 11.1. The lowest BCUT2D eigenvalue weighted by molar-refractivity contribution is 0.149. The third-order valence-corrected chi connectivity index (χ3v) is 4.43. The second-order valence-corrected chi connectivity index (χ2v) is 6.12. The van der Waals surface area contributed by atoms with Gasteiger partial charge in [-0.05, 0) is 25.5 Å². The highest BCUT2D eigenvalue weighted by molar-refractivity contribution is 5.70. The molecule has 0 saturated carbocycles. The van der Waals surface area contributed by atoms with Crippen LogP contribution in [0.1, 0.15) is 38.1 Å². The molecule has 7 nitrogen and oxygen atoms in total. The Hall–Kier alpha value is -2.41. The first-order valence-corrected chi connectivity index (χ1v) is 8.75. The zero-order valence-corrected chi connectivity index (χ0v) is 14.7. The molecule has 2 heterocycles. The van der Waals surface area contributed by atoms with Crippen LogP contribution in [0.5, 0.6) is 5.75 Å². The maximum atomic E-state index is 12.4. The largest absolute Gasteiger partial charge is 0.424 e. The molecular formula is C18H24N4O3. The van der Waals surface area contributed by atoms with Crippen molar-refractivity contribution in [3.8, 4) is 5.75 Å². The Kier molecular flexibility index (Phi) is 5.65. The Morgan fingerprint density at radius 1 is 1.20 bits per heavy atom. The fourth-order valence-electron chi connectivity index (χ4n) is 2.90. The van der Waals surface area contributed by atoms with Crippen LogP contribution < -0.4 is 4.74 Å². The zero-order valence-electron chi connectivity index (χ0n) is 14.7. The van der Waals surface area contributed by atoms with Crippen LogP contribution in [0.2, 0.25) is 0 Å². The number of amides is 1. The number of carbonyl (C=O) groups excluding carboxylic acids is 1. The summed E-state index contributed by atoms with van der Waals surface area (Å²) in [4.78, 5) is 16.4. The van der Waals surface area contributed by atoms with Gasteiger partial charge in [0.15, 0.2) is 0 Å². The molecule has 1 aromatic carbocycles. The van der Waals surface area contributed by atoms with Gasteiger partial charge in [0.1, 0.15) is 5.75 Å². The first-order chi connectivity index (χ1) is 12.2. The van der Waals surface area contributed by atoms with Gasteiger partial charge < -0.3 is 14.1 Å². The summed E-state index contributed by atoms with van der Waals surface area (Å²) in [6, 6.07) is 9.20. The average molecular weight is 344 g/mol. The molecule has 0 aliphatic carbocycles. The molecule has 0 unspecified atom stereocenters. The van der Waals surface area contributed by atoms with Crippen molar-refractivity contribution < 1.29 is 13.9 Å². The van der Waals surface area contributed by atoms with Gasteiger partial charge in [0.05, 0.1) is 6.04 Å². The SMILES string of the molecule is CCc1nnc([C@H](C)N2CCCN(C(=O)Oc3ccccc3)CC2)o1. The van der Waals surface area contributed by atoms with E-state index in [-0.39, 0.29) is 12.1 Å². The Morgan fingerprint density at radius 3 is 2.72 bits per heavy atom. The molecule has 134 valence electrons. The predicted octanol–water partition coefficient (Wildman–Crippen LogP) is 2.90. The normalized spacial score (nSPS) is 17.1. The van der Waals surface area contributed by atoms with E-state index in [0.29, 0.717) is 30.6 Å². The van der Waals surface area contributed by atoms with Crippen LogP contribution in [0, 0.1) is 0 Å². The summed E-state index contributed by atoms with van der Waals surface area (Å²) in [6.07, 6.45) is 1.31. The monoisotopic (exact) mass is 344 g/mol. The molecule has 1 atom stereocenters. The Bertz CT molecular complexity index is 689. The van der Waals surface area contributed by atoms with Crippen molar-refractivity contribution in [3.05, 3.63) is 42.1 Å². The van der Waals surface area contributed by atoms with Crippen LogP contribution in [0.15, 0.2) is 34.7 Å². The molecule has 0 radical (unpaired) electrons. The Morgan fingerprint density at radius 2 is 2.00 bits per heavy atom. The van der Waals surface area contributed by atoms with Crippen molar-refractivity contribution in [3.63, 3.8) is 0 Å². The minimum absolute atomic E-state index is 0.0397. The van der Waals surface area contributed by atoms with Crippen LogP contribution in [0.3, 0.4) is 0 Å². The molecule has 1 aromatic heterocycles. The summed E-state index contributed by atoms with van der Waals surface area (Å²) >= 11 is 0. The number of hydrogen-bond acceptors (Lipinski definition) is 6. The van der Waals surface area contributed by atoms with Crippen molar-refractivity contribution in [1.82, 2.24) is 20.0 Å². The second kappa shape index (κ2) is 8.11. The number of benzene rings is 1. The molecule has 0 spiro atoms. The first-order valence-electron chi connectivity index (χ1n) is 8.75. The van der Waals surface area contributed by atoms with Gasteiger partial charge in [-0.25, -0.2) is 4.79 Å². The quantitative estimate of drug-likeness (QED) is 0.849. The molecule has 25 heavy (non-hydrogen) atoms. The van der Waals surface area contributed by atoms with E-state index in [2.05, 4.69) is 22.0 Å². The van der Waals surface area contributed by atoms with Gasteiger partial charge >= 0.3 is 6.09 Å². The molecule has 1 saturated heterocycles. The van der Waals surface area contributed by atoms with E-state index in [1.165, 1.54) is 0 Å². The fourth-order valence-corrected chi connectivity index (χ4v) is 2.90. The lowest BCUT2D eigenvalue weighted by Gasteiger charge is -2.25. The van der Waals surface area contributed by atoms with Crippen LogP contribution in [0.25, 0.3) is 0 Å². The van der Waals surface area contributed by atoms with E-state index in [1.807, 2.05) is 25.1 Å². The smallest absolute Gasteiger partial charge is 0.415 e. The standard InChI is InChI=1S/C18H24N4O3/c1-3-16-19-20-17(25-16)14(2)21-10-7-11-22(13-12-21)18(23)24-15-8-5-4-6-9-15/h4-6,8-9,14H,3,7,10-13H2,1-2H3/t14-/m0/s1. The van der Waals surface area contributed by atoms with Gasteiger partial charge in [0, 0.05) is 32.6 Å². The number of hydrogen-bond donors (Lipinski definition) is 0. The highest BCUT2D eigenvalue weighted by atomic mass is 16.6. The summed E-state index contributed by atoms with van der Waals surface area (Å²) in [7, 11) is 0. The van der Waals surface area contributed by atoms with E-state index in [0.717, 1.165) is 25.9 Å². The van der Waals surface area contributed by atoms with Gasteiger partial charge in [-0.3, -0.25) is 4.90 Å². The number of aromatic nitrogens is 2. The van der Waals surface area contributed by atoms with Crippen LogP contribution in [-0.4, -0.2) is 52.3 Å². The maximum Gasteiger partial charge on any atom is 0.415 e. The molecule has 1 aliphatic heterocycles. The summed E-state index contributed by atoms with van der Waals surface area (Å²) in [5.41, 5.74) is 0. The lowest BCUT2D eigenvalue weighted by Crippen LogP contribution is -2.37. The third-order valence-electron chi connectivity index (χ3n) is 4.43. The minimum Gasteiger partial charge on any atom is -0.424 e. The molecule has 3 rings (SSSR count). The molecule has 0 N–H and O–H groups in total. The van der Waals surface area contributed by atoms with Gasteiger partial charge in [-0.1, -0.05) is 25.1 Å². The molecular weight excluding hydrogens is 320 g/mol. The van der Waals surface area contributed by atoms with E-state index in [4.69, 9.17) is 9.15 Å². The predicted molar refractivity (Wildman–Crippen MR) is 92.3 cm³/mol. The molecule has 0 bridgehead atoms.